The van der Waals surface area contributed by atoms with Gasteiger partial charge < -0.3 is 14.6 Å². The molecule has 0 aliphatic heterocycles. The third-order valence-corrected chi connectivity index (χ3v) is 7.88. The fourth-order valence-electron chi connectivity index (χ4n) is 4.05. The van der Waals surface area contributed by atoms with Crippen LogP contribution in [0.3, 0.4) is 0 Å². The quantitative estimate of drug-likeness (QED) is 0.291. The summed E-state index contributed by atoms with van der Waals surface area (Å²) in [5.41, 5.74) is 1.71. The van der Waals surface area contributed by atoms with Gasteiger partial charge in [0.15, 0.2) is 11.0 Å². The Kier molecular flexibility index (Phi) is 6.18. The van der Waals surface area contributed by atoms with Crippen molar-refractivity contribution >= 4 is 45.0 Å². The number of thiophene rings is 1. The van der Waals surface area contributed by atoms with Gasteiger partial charge in [0.1, 0.15) is 16.3 Å². The van der Waals surface area contributed by atoms with E-state index >= 15 is 0 Å². The summed E-state index contributed by atoms with van der Waals surface area (Å²) in [6, 6.07) is 9.03. The lowest BCUT2D eigenvalue weighted by Crippen LogP contribution is -2.26. The molecule has 1 amide bonds. The molecule has 34 heavy (non-hydrogen) atoms. The minimum Gasteiger partial charge on any atom is -0.494 e. The van der Waals surface area contributed by atoms with Gasteiger partial charge in [-0.25, -0.2) is 4.98 Å². The van der Waals surface area contributed by atoms with Gasteiger partial charge in [0, 0.05) is 10.9 Å². The molecular formula is C24H24N4O4S2. The standard InChI is InChI=1S/C24H24N4O4S2/c1-4-31-16-10-8-15(9-11-16)28-23(30)20-17-6-5-7-18(17)34-22(20)26-24(28)33-14(3)21(29)25-19-12-13(2)32-27-19/h8-12,14H,4-7H2,1-3H3,(H,25,27,29). The number of aryl methyl sites for hydroxylation is 3. The minimum absolute atomic E-state index is 0.101. The molecule has 3 aromatic heterocycles. The van der Waals surface area contributed by atoms with Crippen molar-refractivity contribution in [2.45, 2.75) is 50.4 Å². The van der Waals surface area contributed by atoms with Gasteiger partial charge in [-0.15, -0.1) is 11.3 Å². The Balaban J connectivity index is 1.55. The van der Waals surface area contributed by atoms with Gasteiger partial charge >= 0.3 is 0 Å². The van der Waals surface area contributed by atoms with Crippen molar-refractivity contribution in [2.24, 2.45) is 0 Å². The summed E-state index contributed by atoms with van der Waals surface area (Å²) in [5, 5.41) is 7.22. The number of carbonyl (C=O) groups excluding carboxylic acids is 1. The van der Waals surface area contributed by atoms with Gasteiger partial charge in [0.25, 0.3) is 5.56 Å². The second-order valence-corrected chi connectivity index (χ2v) is 10.5. The van der Waals surface area contributed by atoms with Gasteiger partial charge in [-0.3, -0.25) is 14.2 Å². The van der Waals surface area contributed by atoms with E-state index in [4.69, 9.17) is 14.2 Å². The van der Waals surface area contributed by atoms with Gasteiger partial charge in [0.2, 0.25) is 5.91 Å². The Morgan fingerprint density at radius 3 is 2.82 bits per heavy atom. The summed E-state index contributed by atoms with van der Waals surface area (Å²) >= 11 is 2.83. The smallest absolute Gasteiger partial charge is 0.267 e. The highest BCUT2D eigenvalue weighted by atomic mass is 32.2. The van der Waals surface area contributed by atoms with Crippen LogP contribution < -0.4 is 15.6 Å². The molecule has 0 saturated heterocycles. The van der Waals surface area contributed by atoms with Crippen LogP contribution in [0.2, 0.25) is 0 Å². The largest absolute Gasteiger partial charge is 0.494 e. The average molecular weight is 497 g/mol. The highest BCUT2D eigenvalue weighted by molar-refractivity contribution is 8.00. The molecule has 0 spiro atoms. The zero-order valence-corrected chi connectivity index (χ0v) is 20.7. The van der Waals surface area contributed by atoms with Crippen molar-refractivity contribution in [3.63, 3.8) is 0 Å². The highest BCUT2D eigenvalue weighted by Crippen LogP contribution is 2.36. The van der Waals surface area contributed by atoms with Crippen LogP contribution in [0.4, 0.5) is 5.82 Å². The first-order valence-corrected chi connectivity index (χ1v) is 12.9. The van der Waals surface area contributed by atoms with Crippen LogP contribution in [0.15, 0.2) is 44.8 Å². The molecule has 5 rings (SSSR count). The van der Waals surface area contributed by atoms with E-state index in [9.17, 15) is 9.59 Å². The molecule has 176 valence electrons. The van der Waals surface area contributed by atoms with Crippen molar-refractivity contribution in [1.82, 2.24) is 14.7 Å². The molecule has 3 heterocycles. The van der Waals surface area contributed by atoms with Crippen LogP contribution in [0.25, 0.3) is 15.9 Å². The van der Waals surface area contributed by atoms with E-state index < -0.39 is 5.25 Å². The third-order valence-electron chi connectivity index (χ3n) is 5.64. The molecular weight excluding hydrogens is 472 g/mol. The molecule has 1 N–H and O–H groups in total. The lowest BCUT2D eigenvalue weighted by molar-refractivity contribution is -0.115. The summed E-state index contributed by atoms with van der Waals surface area (Å²) < 4.78 is 12.2. The number of hydrogen-bond acceptors (Lipinski definition) is 8. The molecule has 0 saturated carbocycles. The van der Waals surface area contributed by atoms with Crippen LogP contribution in [0.5, 0.6) is 5.75 Å². The second kappa shape index (κ2) is 9.27. The number of aromatic nitrogens is 3. The van der Waals surface area contributed by atoms with Crippen molar-refractivity contribution in [2.75, 3.05) is 11.9 Å². The topological polar surface area (TPSA) is 99.2 Å². The van der Waals surface area contributed by atoms with E-state index in [0.717, 1.165) is 35.4 Å². The summed E-state index contributed by atoms with van der Waals surface area (Å²) in [6.45, 7) is 6.02. The number of ether oxygens (including phenoxy) is 1. The predicted molar refractivity (Wildman–Crippen MR) is 134 cm³/mol. The van der Waals surface area contributed by atoms with Crippen LogP contribution in [-0.2, 0) is 17.6 Å². The minimum atomic E-state index is -0.526. The van der Waals surface area contributed by atoms with Crippen LogP contribution in [0.1, 0.15) is 36.5 Å². The number of anilines is 1. The fourth-order valence-corrected chi connectivity index (χ4v) is 6.28. The lowest BCUT2D eigenvalue weighted by atomic mass is 10.2. The molecule has 1 aromatic carbocycles. The Labute approximate surface area is 204 Å². The molecule has 10 heteroatoms. The zero-order valence-electron chi connectivity index (χ0n) is 19.1. The zero-order chi connectivity index (χ0) is 23.8. The SMILES string of the molecule is CCOc1ccc(-n2c(SC(C)C(=O)Nc3cc(C)on3)nc3sc4c(c3c2=O)CCC4)cc1. The highest BCUT2D eigenvalue weighted by Gasteiger charge is 2.26. The van der Waals surface area contributed by atoms with Crippen LogP contribution in [-0.4, -0.2) is 32.5 Å². The molecule has 0 radical (unpaired) electrons. The number of fused-ring (bicyclic) bond motifs is 3. The Morgan fingerprint density at radius 2 is 2.12 bits per heavy atom. The Bertz CT molecular complexity index is 1420. The van der Waals surface area contributed by atoms with Crippen molar-refractivity contribution < 1.29 is 14.1 Å². The summed E-state index contributed by atoms with van der Waals surface area (Å²) in [6.07, 6.45) is 2.95. The molecule has 4 aromatic rings. The fraction of sp³-hybridized carbons (Fsp3) is 0.333. The maximum Gasteiger partial charge on any atom is 0.267 e. The number of hydrogen-bond donors (Lipinski definition) is 1. The van der Waals surface area contributed by atoms with E-state index in [0.29, 0.717) is 34.4 Å². The first-order valence-electron chi connectivity index (χ1n) is 11.2. The number of nitrogens with zero attached hydrogens (tertiary/aromatic N) is 3. The molecule has 1 atom stereocenters. The number of amides is 1. The first-order chi connectivity index (χ1) is 16.4. The summed E-state index contributed by atoms with van der Waals surface area (Å²) in [4.78, 5) is 33.4. The molecule has 1 aliphatic rings. The van der Waals surface area contributed by atoms with Gasteiger partial charge in [-0.05, 0) is 69.9 Å². The monoisotopic (exact) mass is 496 g/mol. The molecule has 0 bridgehead atoms. The molecule has 8 nitrogen and oxygen atoms in total. The van der Waals surface area contributed by atoms with Crippen molar-refractivity contribution in [1.29, 1.82) is 0 Å². The predicted octanol–water partition coefficient (Wildman–Crippen LogP) is 4.75. The van der Waals surface area contributed by atoms with E-state index in [-0.39, 0.29) is 11.5 Å². The summed E-state index contributed by atoms with van der Waals surface area (Å²) in [5.74, 6) is 1.45. The summed E-state index contributed by atoms with van der Waals surface area (Å²) in [7, 11) is 0. The van der Waals surface area contributed by atoms with Gasteiger partial charge in [-0.1, -0.05) is 16.9 Å². The molecule has 1 aliphatic carbocycles. The van der Waals surface area contributed by atoms with Gasteiger partial charge in [0.05, 0.1) is 22.9 Å². The second-order valence-electron chi connectivity index (χ2n) is 8.07. The third kappa shape index (κ3) is 4.23. The Hall–Kier alpha value is -3.11. The van der Waals surface area contributed by atoms with E-state index in [2.05, 4.69) is 10.5 Å². The van der Waals surface area contributed by atoms with Crippen molar-refractivity contribution in [3.05, 3.63) is 56.9 Å². The number of nitrogens with one attached hydrogen (secondary N) is 1. The van der Waals surface area contributed by atoms with Crippen LogP contribution >= 0.6 is 23.1 Å². The van der Waals surface area contributed by atoms with E-state index in [1.807, 2.05) is 31.2 Å². The number of rotatable bonds is 7. The van der Waals surface area contributed by atoms with E-state index in [1.165, 1.54) is 16.6 Å². The normalized spacial score (nSPS) is 13.7. The average Bonchev–Trinajstić information content (AvgIpc) is 3.51. The van der Waals surface area contributed by atoms with Gasteiger partial charge in [-0.2, -0.15) is 0 Å². The Morgan fingerprint density at radius 1 is 1.32 bits per heavy atom. The number of benzene rings is 1. The van der Waals surface area contributed by atoms with E-state index in [1.54, 1.807) is 35.8 Å². The maximum absolute atomic E-state index is 13.8. The number of carbonyl (C=O) groups is 1. The first kappa shape index (κ1) is 22.7. The molecule has 0 fully saturated rings. The number of thioether (sulfide) groups is 1. The maximum atomic E-state index is 13.8. The lowest BCUT2D eigenvalue weighted by Gasteiger charge is -2.16. The molecule has 1 unspecified atom stereocenters. The van der Waals surface area contributed by atoms with Crippen molar-refractivity contribution in [3.8, 4) is 11.4 Å². The van der Waals surface area contributed by atoms with Crippen LogP contribution in [0, 0.1) is 6.92 Å².